The summed E-state index contributed by atoms with van der Waals surface area (Å²) in [6.07, 6.45) is 5.61. The van der Waals surface area contributed by atoms with Crippen LogP contribution in [0.1, 0.15) is 26.2 Å². The molecule has 0 amide bonds. The third-order valence-corrected chi connectivity index (χ3v) is 3.08. The van der Waals surface area contributed by atoms with Gasteiger partial charge < -0.3 is 0 Å². The number of hydrogen-bond acceptors (Lipinski definition) is 1. The molecule has 0 aromatic heterocycles. The molecule has 1 aromatic carbocycles. The van der Waals surface area contributed by atoms with E-state index in [9.17, 15) is 0 Å². The summed E-state index contributed by atoms with van der Waals surface area (Å²) in [6.45, 7) is 2.19. The average molecular weight is 227 g/mol. The van der Waals surface area contributed by atoms with Gasteiger partial charge in [-0.15, -0.1) is 0 Å². The van der Waals surface area contributed by atoms with Crippen molar-refractivity contribution in [1.29, 1.82) is 0 Å². The van der Waals surface area contributed by atoms with Crippen molar-refractivity contribution >= 4 is 23.4 Å². The molecular weight excluding hydrogens is 212 g/mol. The predicted octanol–water partition coefficient (Wildman–Crippen LogP) is 5.05. The van der Waals surface area contributed by atoms with Gasteiger partial charge in [-0.1, -0.05) is 67.4 Å². The Morgan fingerprint density at radius 2 is 2.07 bits per heavy atom. The van der Waals surface area contributed by atoms with Gasteiger partial charge in [0.1, 0.15) is 0 Å². The van der Waals surface area contributed by atoms with Gasteiger partial charge in [0.15, 0.2) is 0 Å². The molecule has 0 radical (unpaired) electrons. The number of allylic oxidation sites excluding steroid dienone is 1. The van der Waals surface area contributed by atoms with Crippen molar-refractivity contribution in [1.82, 2.24) is 0 Å². The second kappa shape index (κ2) is 6.97. The first-order valence-corrected chi connectivity index (χ1v) is 6.11. The topological polar surface area (TPSA) is 0 Å². The highest BCUT2D eigenvalue weighted by atomic mass is 35.5. The van der Waals surface area contributed by atoms with E-state index in [0.29, 0.717) is 0 Å². The van der Waals surface area contributed by atoms with Crippen molar-refractivity contribution in [3.05, 3.63) is 40.8 Å². The summed E-state index contributed by atoms with van der Waals surface area (Å²) >= 11 is 7.70. The van der Waals surface area contributed by atoms with Crippen LogP contribution in [0.3, 0.4) is 0 Å². The van der Waals surface area contributed by atoms with Crippen LogP contribution in [-0.4, -0.2) is 0 Å². The van der Waals surface area contributed by atoms with Gasteiger partial charge in [0.25, 0.3) is 0 Å². The second-order valence-electron chi connectivity index (χ2n) is 3.07. The number of unbranched alkanes of at least 4 members (excludes halogenated alkanes) is 2. The van der Waals surface area contributed by atoms with E-state index in [2.05, 4.69) is 25.1 Å². The minimum absolute atomic E-state index is 0.879. The van der Waals surface area contributed by atoms with Crippen LogP contribution in [0, 0.1) is 0 Å². The first-order valence-electron chi connectivity index (χ1n) is 4.91. The normalized spacial score (nSPS) is 11.7. The molecule has 0 spiro atoms. The van der Waals surface area contributed by atoms with E-state index in [-0.39, 0.29) is 0 Å². The van der Waals surface area contributed by atoms with E-state index >= 15 is 0 Å². The quantitative estimate of drug-likeness (QED) is 0.500. The van der Waals surface area contributed by atoms with Crippen molar-refractivity contribution in [2.75, 3.05) is 0 Å². The van der Waals surface area contributed by atoms with E-state index in [1.165, 1.54) is 17.7 Å². The van der Waals surface area contributed by atoms with Crippen molar-refractivity contribution in [3.8, 4) is 0 Å². The Balaban J connectivity index is 2.40. The van der Waals surface area contributed by atoms with E-state index < -0.39 is 0 Å². The van der Waals surface area contributed by atoms with Gasteiger partial charge >= 0.3 is 0 Å². The van der Waals surface area contributed by atoms with Crippen molar-refractivity contribution < 1.29 is 0 Å². The molecule has 0 bridgehead atoms. The maximum absolute atomic E-state index is 6.08. The second-order valence-corrected chi connectivity index (χ2v) is 4.81. The molecule has 0 fully saturated rings. The van der Waals surface area contributed by atoms with Crippen LogP contribution in [0.4, 0.5) is 0 Å². The third-order valence-electron chi connectivity index (χ3n) is 1.82. The fraction of sp³-hybridized carbons (Fsp3) is 0.333. The summed E-state index contributed by atoms with van der Waals surface area (Å²) in [4.78, 5) is 1.20. The Morgan fingerprint density at radius 1 is 1.36 bits per heavy atom. The van der Waals surface area contributed by atoms with Gasteiger partial charge in [-0.25, -0.2) is 0 Å². The highest BCUT2D eigenvalue weighted by molar-refractivity contribution is 8.04. The minimum atomic E-state index is 0.879. The van der Waals surface area contributed by atoms with Gasteiger partial charge in [0, 0.05) is 4.90 Å². The number of rotatable bonds is 5. The minimum Gasteiger partial charge on any atom is -0.0780 e. The summed E-state index contributed by atoms with van der Waals surface area (Å²) in [5.74, 6) is 0. The molecule has 0 heterocycles. The summed E-state index contributed by atoms with van der Waals surface area (Å²) in [7, 11) is 0. The van der Waals surface area contributed by atoms with E-state index in [0.717, 1.165) is 10.8 Å². The molecular formula is C12H15ClS. The lowest BCUT2D eigenvalue weighted by atomic mass is 10.2. The molecule has 0 saturated heterocycles. The SMILES string of the molecule is CCCC/C=C(/Cl)Sc1ccccc1. The summed E-state index contributed by atoms with van der Waals surface area (Å²) in [5, 5.41) is 0. The zero-order valence-electron chi connectivity index (χ0n) is 8.37. The number of halogens is 1. The molecule has 1 aromatic rings. The van der Waals surface area contributed by atoms with Crippen LogP contribution >= 0.6 is 23.4 Å². The Kier molecular flexibility index (Phi) is 5.81. The molecule has 14 heavy (non-hydrogen) atoms. The molecule has 2 heteroatoms. The number of benzene rings is 1. The van der Waals surface area contributed by atoms with Crippen LogP contribution in [-0.2, 0) is 0 Å². The lowest BCUT2D eigenvalue weighted by Gasteiger charge is -1.98. The van der Waals surface area contributed by atoms with E-state index in [1.54, 1.807) is 11.8 Å². The van der Waals surface area contributed by atoms with Gasteiger partial charge in [0.2, 0.25) is 0 Å². The monoisotopic (exact) mass is 226 g/mol. The summed E-state index contributed by atoms with van der Waals surface area (Å²) in [6, 6.07) is 10.2. The van der Waals surface area contributed by atoms with Crippen LogP contribution in [0.15, 0.2) is 45.7 Å². The molecule has 0 saturated carbocycles. The first-order chi connectivity index (χ1) is 6.83. The number of thioether (sulfide) groups is 1. The predicted molar refractivity (Wildman–Crippen MR) is 65.8 cm³/mol. The Morgan fingerprint density at radius 3 is 2.71 bits per heavy atom. The lowest BCUT2D eigenvalue weighted by Crippen LogP contribution is -1.71. The third kappa shape index (κ3) is 4.73. The van der Waals surface area contributed by atoms with Crippen LogP contribution in [0.5, 0.6) is 0 Å². The first kappa shape index (κ1) is 11.7. The molecule has 0 nitrogen and oxygen atoms in total. The molecule has 0 aliphatic heterocycles. The van der Waals surface area contributed by atoms with E-state index in [1.807, 2.05) is 18.2 Å². The smallest absolute Gasteiger partial charge is 0.0742 e. The Bertz CT molecular complexity index is 280. The van der Waals surface area contributed by atoms with Crippen molar-refractivity contribution in [2.45, 2.75) is 31.1 Å². The van der Waals surface area contributed by atoms with Crippen LogP contribution < -0.4 is 0 Å². The maximum atomic E-state index is 6.08. The molecule has 0 atom stereocenters. The van der Waals surface area contributed by atoms with Gasteiger partial charge in [0.05, 0.1) is 4.36 Å². The highest BCUT2D eigenvalue weighted by Crippen LogP contribution is 2.29. The molecule has 0 aliphatic carbocycles. The molecule has 1 rings (SSSR count). The van der Waals surface area contributed by atoms with Crippen molar-refractivity contribution in [2.24, 2.45) is 0 Å². The average Bonchev–Trinajstić information content (AvgIpc) is 2.20. The standard InChI is InChI=1S/C12H15ClS/c1-2-3-5-10-12(13)14-11-8-6-4-7-9-11/h4,6-10H,2-3,5H2,1H3/b12-10-. The largest absolute Gasteiger partial charge is 0.0780 e. The lowest BCUT2D eigenvalue weighted by molar-refractivity contribution is 0.815. The zero-order valence-corrected chi connectivity index (χ0v) is 9.94. The summed E-state index contributed by atoms with van der Waals surface area (Å²) in [5.41, 5.74) is 0. The fourth-order valence-corrected chi connectivity index (χ4v) is 2.16. The Labute approximate surface area is 95.4 Å². The highest BCUT2D eigenvalue weighted by Gasteiger charge is 1.95. The van der Waals surface area contributed by atoms with Gasteiger partial charge in [-0.05, 0) is 18.6 Å². The zero-order chi connectivity index (χ0) is 10.2. The number of hydrogen-bond donors (Lipinski definition) is 0. The molecule has 0 aliphatic rings. The van der Waals surface area contributed by atoms with Gasteiger partial charge in [-0.3, -0.25) is 0 Å². The Hall–Kier alpha value is -0.400. The van der Waals surface area contributed by atoms with Crippen LogP contribution in [0.25, 0.3) is 0 Å². The van der Waals surface area contributed by atoms with E-state index in [4.69, 9.17) is 11.6 Å². The maximum Gasteiger partial charge on any atom is 0.0742 e. The van der Waals surface area contributed by atoms with Gasteiger partial charge in [-0.2, -0.15) is 0 Å². The van der Waals surface area contributed by atoms with Crippen LogP contribution in [0.2, 0.25) is 0 Å². The summed E-state index contributed by atoms with van der Waals surface area (Å²) < 4.78 is 0.879. The van der Waals surface area contributed by atoms with Crippen molar-refractivity contribution in [3.63, 3.8) is 0 Å². The molecule has 0 unspecified atom stereocenters. The molecule has 76 valence electrons. The fourth-order valence-electron chi connectivity index (χ4n) is 1.06. The molecule has 0 N–H and O–H groups in total.